The van der Waals surface area contributed by atoms with E-state index in [1.807, 2.05) is 0 Å². The number of carbonyl (C=O) groups is 3. The van der Waals surface area contributed by atoms with Crippen LogP contribution in [0, 0.1) is 0 Å². The van der Waals surface area contributed by atoms with Crippen molar-refractivity contribution >= 4 is 40.5 Å². The number of halogens is 3. The zero-order valence-electron chi connectivity index (χ0n) is 18.7. The smallest absolute Gasteiger partial charge is 0.406 e. The molecule has 1 aliphatic heterocycles. The summed E-state index contributed by atoms with van der Waals surface area (Å²) in [5.41, 5.74) is 1.85. The largest absolute Gasteiger partial charge is 0.573 e. The second-order valence-corrected chi connectivity index (χ2v) is 7.89. The van der Waals surface area contributed by atoms with Gasteiger partial charge in [0.15, 0.2) is 0 Å². The molecule has 1 aliphatic rings. The molecule has 1 unspecified atom stereocenters. The normalized spacial score (nSPS) is 14.9. The highest BCUT2D eigenvalue weighted by atomic mass is 19.4. The van der Waals surface area contributed by atoms with Crippen LogP contribution in [0.1, 0.15) is 6.42 Å². The number of para-hydroxylation sites is 3. The van der Waals surface area contributed by atoms with Gasteiger partial charge in [0.05, 0.1) is 24.3 Å². The predicted octanol–water partition coefficient (Wildman–Crippen LogP) is 4.38. The third-order valence-electron chi connectivity index (χ3n) is 5.27. The number of rotatable bonds is 7. The third kappa shape index (κ3) is 6.32. The molecule has 4 rings (SSSR count). The van der Waals surface area contributed by atoms with E-state index < -0.39 is 35.9 Å². The summed E-state index contributed by atoms with van der Waals surface area (Å²) in [4.78, 5) is 39.9. The fourth-order valence-corrected chi connectivity index (χ4v) is 3.76. The van der Waals surface area contributed by atoms with Crippen LogP contribution in [0.25, 0.3) is 0 Å². The summed E-state index contributed by atoms with van der Waals surface area (Å²) in [5.74, 6) is -1.81. The highest BCUT2D eigenvalue weighted by molar-refractivity contribution is 6.08. The molecular formula is C25H21F3N4O4. The molecule has 186 valence electrons. The third-order valence-corrected chi connectivity index (χ3v) is 5.27. The number of benzene rings is 3. The summed E-state index contributed by atoms with van der Waals surface area (Å²) in [7, 11) is 0. The van der Waals surface area contributed by atoms with Crippen LogP contribution >= 0.6 is 0 Å². The minimum absolute atomic E-state index is 0.216. The first-order valence-corrected chi connectivity index (χ1v) is 10.8. The molecule has 3 amide bonds. The van der Waals surface area contributed by atoms with E-state index in [0.29, 0.717) is 17.1 Å². The summed E-state index contributed by atoms with van der Waals surface area (Å²) in [5, 5.41) is 8.08. The average molecular weight is 498 g/mol. The molecule has 1 atom stereocenters. The minimum Gasteiger partial charge on any atom is -0.406 e. The first-order valence-electron chi connectivity index (χ1n) is 10.8. The van der Waals surface area contributed by atoms with Crippen molar-refractivity contribution in [2.45, 2.75) is 18.8 Å². The Bertz CT molecular complexity index is 1250. The summed E-state index contributed by atoms with van der Waals surface area (Å²) in [6.45, 7) is -0.283. The Hall–Kier alpha value is -4.54. The number of amides is 3. The average Bonchev–Trinajstić information content (AvgIpc) is 2.82. The molecule has 0 aliphatic carbocycles. The number of anilines is 4. The molecule has 3 aromatic rings. The first-order chi connectivity index (χ1) is 17.2. The van der Waals surface area contributed by atoms with E-state index in [1.54, 1.807) is 54.6 Å². The maximum Gasteiger partial charge on any atom is 0.573 e. The van der Waals surface area contributed by atoms with Crippen LogP contribution < -0.4 is 25.6 Å². The summed E-state index contributed by atoms with van der Waals surface area (Å²) < 4.78 is 40.9. The fraction of sp³-hybridized carbons (Fsp3) is 0.160. The van der Waals surface area contributed by atoms with Gasteiger partial charge in [-0.25, -0.2) is 0 Å². The van der Waals surface area contributed by atoms with Crippen LogP contribution in [-0.2, 0) is 14.4 Å². The molecule has 3 aromatic carbocycles. The number of ether oxygens (including phenoxy) is 1. The van der Waals surface area contributed by atoms with E-state index in [0.717, 1.165) is 12.1 Å². The van der Waals surface area contributed by atoms with E-state index in [4.69, 9.17) is 0 Å². The molecule has 0 fully saturated rings. The van der Waals surface area contributed by atoms with Crippen molar-refractivity contribution < 1.29 is 32.3 Å². The van der Waals surface area contributed by atoms with Gasteiger partial charge < -0.3 is 25.6 Å². The number of nitrogens with one attached hydrogen (secondary N) is 3. The van der Waals surface area contributed by atoms with Crippen molar-refractivity contribution in [3.8, 4) is 5.75 Å². The monoisotopic (exact) mass is 498 g/mol. The number of hydrogen-bond donors (Lipinski definition) is 3. The topological polar surface area (TPSA) is 99.8 Å². The van der Waals surface area contributed by atoms with Crippen LogP contribution in [0.3, 0.4) is 0 Å². The number of fused-ring (bicyclic) bond motifs is 1. The van der Waals surface area contributed by atoms with Crippen molar-refractivity contribution in [2.24, 2.45) is 0 Å². The Morgan fingerprint density at radius 3 is 2.17 bits per heavy atom. The Balaban J connectivity index is 1.48. The van der Waals surface area contributed by atoms with Gasteiger partial charge in [-0.3, -0.25) is 14.4 Å². The van der Waals surface area contributed by atoms with Gasteiger partial charge in [0, 0.05) is 11.4 Å². The van der Waals surface area contributed by atoms with Gasteiger partial charge in [-0.1, -0.05) is 30.3 Å². The number of carbonyl (C=O) groups excluding carboxylic acids is 3. The van der Waals surface area contributed by atoms with Crippen LogP contribution in [0.5, 0.6) is 5.75 Å². The van der Waals surface area contributed by atoms with E-state index in [2.05, 4.69) is 20.7 Å². The van der Waals surface area contributed by atoms with Crippen LogP contribution in [0.2, 0.25) is 0 Å². The van der Waals surface area contributed by atoms with Gasteiger partial charge in [-0.2, -0.15) is 0 Å². The highest BCUT2D eigenvalue weighted by Crippen LogP contribution is 2.33. The van der Waals surface area contributed by atoms with Gasteiger partial charge in [-0.05, 0) is 48.5 Å². The van der Waals surface area contributed by atoms with Gasteiger partial charge in [0.1, 0.15) is 11.8 Å². The minimum atomic E-state index is -4.82. The molecule has 11 heteroatoms. The van der Waals surface area contributed by atoms with Crippen LogP contribution in [0.15, 0.2) is 78.9 Å². The lowest BCUT2D eigenvalue weighted by molar-refractivity contribution is -0.274. The van der Waals surface area contributed by atoms with Crippen molar-refractivity contribution in [2.75, 3.05) is 27.4 Å². The number of alkyl halides is 3. The molecule has 0 spiro atoms. The van der Waals surface area contributed by atoms with Gasteiger partial charge in [0.2, 0.25) is 17.7 Å². The highest BCUT2D eigenvalue weighted by Gasteiger charge is 2.35. The second kappa shape index (κ2) is 10.4. The quantitative estimate of drug-likeness (QED) is 0.449. The van der Waals surface area contributed by atoms with E-state index in [-0.39, 0.29) is 18.7 Å². The molecule has 0 bridgehead atoms. The van der Waals surface area contributed by atoms with E-state index in [9.17, 15) is 27.6 Å². The molecular weight excluding hydrogens is 477 g/mol. The van der Waals surface area contributed by atoms with Crippen molar-refractivity contribution in [3.05, 3.63) is 78.9 Å². The lowest BCUT2D eigenvalue weighted by Crippen LogP contribution is -2.52. The Kier molecular flexibility index (Phi) is 7.09. The number of hydrogen-bond acceptors (Lipinski definition) is 5. The maximum atomic E-state index is 12.9. The lowest BCUT2D eigenvalue weighted by Gasteiger charge is -2.37. The predicted molar refractivity (Wildman–Crippen MR) is 128 cm³/mol. The van der Waals surface area contributed by atoms with Crippen LogP contribution in [0.4, 0.5) is 35.9 Å². The van der Waals surface area contributed by atoms with Crippen molar-refractivity contribution in [1.82, 2.24) is 0 Å². The first kappa shape index (κ1) is 24.6. The SMILES string of the molecule is O=C(CC1C(=O)Nc2ccccc2N1CC(=O)Nc1ccc(OC(F)(F)F)cc1)Nc1ccccc1. The Morgan fingerprint density at radius 1 is 0.861 bits per heavy atom. The van der Waals surface area contributed by atoms with Crippen molar-refractivity contribution in [1.29, 1.82) is 0 Å². The molecule has 36 heavy (non-hydrogen) atoms. The molecule has 8 nitrogen and oxygen atoms in total. The molecule has 0 saturated carbocycles. The molecule has 1 heterocycles. The second-order valence-electron chi connectivity index (χ2n) is 7.89. The molecule has 3 N–H and O–H groups in total. The summed E-state index contributed by atoms with van der Waals surface area (Å²) in [6.07, 6.45) is -5.04. The zero-order chi connectivity index (χ0) is 25.7. The van der Waals surface area contributed by atoms with E-state index >= 15 is 0 Å². The maximum absolute atomic E-state index is 12.9. The van der Waals surface area contributed by atoms with Crippen LogP contribution in [-0.4, -0.2) is 36.7 Å². The Labute approximate surface area is 204 Å². The fourth-order valence-electron chi connectivity index (χ4n) is 3.76. The molecule has 0 aromatic heterocycles. The zero-order valence-corrected chi connectivity index (χ0v) is 18.7. The molecule has 0 saturated heterocycles. The van der Waals surface area contributed by atoms with Gasteiger partial charge in [-0.15, -0.1) is 13.2 Å². The Morgan fingerprint density at radius 2 is 1.47 bits per heavy atom. The summed E-state index contributed by atoms with van der Waals surface area (Å²) in [6, 6.07) is 19.3. The standard InChI is InChI=1S/C25H21F3N4O4/c26-25(27,28)36-18-12-10-17(11-13-18)30-23(34)15-32-20-9-5-4-8-19(20)31-24(35)21(32)14-22(33)29-16-6-2-1-3-7-16/h1-13,21H,14-15H2,(H,29,33)(H,30,34)(H,31,35). The van der Waals surface area contributed by atoms with Gasteiger partial charge >= 0.3 is 6.36 Å². The van der Waals surface area contributed by atoms with E-state index in [1.165, 1.54) is 17.0 Å². The lowest BCUT2D eigenvalue weighted by atomic mass is 10.0. The summed E-state index contributed by atoms with van der Waals surface area (Å²) >= 11 is 0. The van der Waals surface area contributed by atoms with Crippen molar-refractivity contribution in [3.63, 3.8) is 0 Å². The van der Waals surface area contributed by atoms with Gasteiger partial charge in [0.25, 0.3) is 0 Å². The number of nitrogens with zero attached hydrogens (tertiary/aromatic N) is 1. The molecule has 0 radical (unpaired) electrons.